The summed E-state index contributed by atoms with van der Waals surface area (Å²) in [6, 6.07) is 14.6. The first-order valence-corrected chi connectivity index (χ1v) is 10.0. The minimum absolute atomic E-state index is 0.0864. The molecule has 0 spiro atoms. The Morgan fingerprint density at radius 2 is 1.69 bits per heavy atom. The largest absolute Gasteiger partial charge is 0.490 e. The third kappa shape index (κ3) is 4.80. The molecular weight excluding hydrogens is 370 g/mol. The molecule has 7 heteroatoms. The lowest BCUT2D eigenvalue weighted by molar-refractivity contribution is -0.121. The second kappa shape index (κ2) is 8.86. The highest BCUT2D eigenvalue weighted by Crippen LogP contribution is 2.32. The number of urea groups is 1. The Hall–Kier alpha value is -3.22. The second-order valence-corrected chi connectivity index (χ2v) is 7.28. The number of carbonyl (C=O) groups is 2. The first-order chi connectivity index (χ1) is 14.2. The van der Waals surface area contributed by atoms with E-state index in [1.807, 2.05) is 42.5 Å². The van der Waals surface area contributed by atoms with Crippen molar-refractivity contribution in [3.05, 3.63) is 48.5 Å². The van der Waals surface area contributed by atoms with Crippen LogP contribution in [0.3, 0.4) is 0 Å². The van der Waals surface area contributed by atoms with Crippen LogP contribution in [-0.2, 0) is 4.79 Å². The molecule has 0 bridgehead atoms. The number of benzene rings is 2. The number of nitrogens with zero attached hydrogens (tertiary/aromatic N) is 1. The van der Waals surface area contributed by atoms with Crippen molar-refractivity contribution in [3.63, 3.8) is 0 Å². The molecule has 2 heterocycles. The molecule has 0 radical (unpaired) electrons. The van der Waals surface area contributed by atoms with Crippen LogP contribution in [0.1, 0.15) is 19.3 Å². The third-order valence-electron chi connectivity index (χ3n) is 5.12. The van der Waals surface area contributed by atoms with Crippen molar-refractivity contribution in [2.75, 3.05) is 36.9 Å². The normalized spacial score (nSPS) is 18.5. The van der Waals surface area contributed by atoms with Gasteiger partial charge < -0.3 is 25.0 Å². The standard InChI is InChI=1S/C22H25N3O4/c26-21(23-18-9-10-19-20(14-18)29-13-5-12-28-19)16-6-4-11-25(15-16)22(27)24-17-7-2-1-3-8-17/h1-3,7-10,14,16H,4-6,11-13,15H2,(H,23,26)(H,24,27). The van der Waals surface area contributed by atoms with E-state index in [0.717, 1.165) is 24.9 Å². The van der Waals surface area contributed by atoms with Crippen molar-refractivity contribution >= 4 is 23.3 Å². The molecule has 0 saturated carbocycles. The van der Waals surface area contributed by atoms with Crippen molar-refractivity contribution in [3.8, 4) is 11.5 Å². The molecular formula is C22H25N3O4. The van der Waals surface area contributed by atoms with Crippen molar-refractivity contribution in [1.82, 2.24) is 4.90 Å². The number of para-hydroxylation sites is 1. The molecule has 3 amide bonds. The van der Waals surface area contributed by atoms with Gasteiger partial charge in [0.25, 0.3) is 0 Å². The Bertz CT molecular complexity index is 872. The van der Waals surface area contributed by atoms with E-state index in [0.29, 0.717) is 43.5 Å². The monoisotopic (exact) mass is 395 g/mol. The Morgan fingerprint density at radius 3 is 2.52 bits per heavy atom. The lowest BCUT2D eigenvalue weighted by Crippen LogP contribution is -2.45. The summed E-state index contributed by atoms with van der Waals surface area (Å²) in [5.41, 5.74) is 1.42. The van der Waals surface area contributed by atoms with Gasteiger partial charge in [-0.2, -0.15) is 0 Å². The first kappa shape index (κ1) is 19.1. The third-order valence-corrected chi connectivity index (χ3v) is 5.12. The minimum Gasteiger partial charge on any atom is -0.490 e. The smallest absolute Gasteiger partial charge is 0.321 e. The molecule has 1 saturated heterocycles. The number of rotatable bonds is 3. The molecule has 2 aromatic carbocycles. The predicted octanol–water partition coefficient (Wildman–Crippen LogP) is 3.73. The van der Waals surface area contributed by atoms with Crippen LogP contribution in [0.2, 0.25) is 0 Å². The number of hydrogen-bond acceptors (Lipinski definition) is 4. The van der Waals surface area contributed by atoms with Gasteiger partial charge in [0.15, 0.2) is 11.5 Å². The number of carbonyl (C=O) groups excluding carboxylic acids is 2. The Kier molecular flexibility index (Phi) is 5.84. The van der Waals surface area contributed by atoms with Crippen LogP contribution in [-0.4, -0.2) is 43.1 Å². The number of likely N-dealkylation sites (tertiary alicyclic amines) is 1. The van der Waals surface area contributed by atoms with Crippen molar-refractivity contribution in [1.29, 1.82) is 0 Å². The van der Waals surface area contributed by atoms with Gasteiger partial charge >= 0.3 is 6.03 Å². The molecule has 0 aromatic heterocycles. The molecule has 1 atom stereocenters. The predicted molar refractivity (Wildman–Crippen MR) is 110 cm³/mol. The van der Waals surface area contributed by atoms with Crippen LogP contribution < -0.4 is 20.1 Å². The Labute approximate surface area is 170 Å². The van der Waals surface area contributed by atoms with Gasteiger partial charge in [-0.25, -0.2) is 4.79 Å². The second-order valence-electron chi connectivity index (χ2n) is 7.28. The summed E-state index contributed by atoms with van der Waals surface area (Å²) in [5.74, 6) is 1.01. The fourth-order valence-electron chi connectivity index (χ4n) is 3.58. The number of fused-ring (bicyclic) bond motifs is 1. The lowest BCUT2D eigenvalue weighted by Gasteiger charge is -2.32. The molecule has 4 rings (SSSR count). The van der Waals surface area contributed by atoms with Crippen LogP contribution in [0.25, 0.3) is 0 Å². The molecule has 2 aliphatic heterocycles. The van der Waals surface area contributed by atoms with Crippen LogP contribution in [0.5, 0.6) is 11.5 Å². The van der Waals surface area contributed by atoms with Gasteiger partial charge in [0.2, 0.25) is 5.91 Å². The van der Waals surface area contributed by atoms with E-state index in [9.17, 15) is 9.59 Å². The zero-order valence-electron chi connectivity index (χ0n) is 16.2. The maximum atomic E-state index is 12.8. The van der Waals surface area contributed by atoms with Gasteiger partial charge in [0.05, 0.1) is 19.1 Å². The fraction of sp³-hybridized carbons (Fsp3) is 0.364. The summed E-state index contributed by atoms with van der Waals surface area (Å²) in [5, 5.41) is 5.84. The maximum absolute atomic E-state index is 12.8. The van der Waals surface area contributed by atoms with Crippen molar-refractivity contribution in [2.24, 2.45) is 5.92 Å². The quantitative estimate of drug-likeness (QED) is 0.830. The van der Waals surface area contributed by atoms with Gasteiger partial charge in [-0.05, 0) is 37.1 Å². The minimum atomic E-state index is -0.249. The maximum Gasteiger partial charge on any atom is 0.321 e. The van der Waals surface area contributed by atoms with E-state index in [1.165, 1.54) is 0 Å². The summed E-state index contributed by atoms with van der Waals surface area (Å²) in [7, 11) is 0. The van der Waals surface area contributed by atoms with E-state index < -0.39 is 0 Å². The Morgan fingerprint density at radius 1 is 0.897 bits per heavy atom. The van der Waals surface area contributed by atoms with Gasteiger partial charge in [0.1, 0.15) is 0 Å². The van der Waals surface area contributed by atoms with Gasteiger partial charge in [-0.1, -0.05) is 18.2 Å². The SMILES string of the molecule is O=C(Nc1ccc2c(c1)OCCCO2)C1CCCN(C(=O)Nc2ccccc2)C1. The van der Waals surface area contributed by atoms with Crippen LogP contribution in [0, 0.1) is 5.92 Å². The Balaban J connectivity index is 1.36. The number of amides is 3. The summed E-state index contributed by atoms with van der Waals surface area (Å²) in [6.45, 7) is 2.27. The van der Waals surface area contributed by atoms with Crippen molar-refractivity contribution in [2.45, 2.75) is 19.3 Å². The van der Waals surface area contributed by atoms with Crippen LogP contribution >= 0.6 is 0 Å². The molecule has 0 aliphatic carbocycles. The molecule has 29 heavy (non-hydrogen) atoms. The molecule has 7 nitrogen and oxygen atoms in total. The van der Waals surface area contributed by atoms with Gasteiger partial charge in [-0.15, -0.1) is 0 Å². The molecule has 2 N–H and O–H groups in total. The van der Waals surface area contributed by atoms with E-state index in [2.05, 4.69) is 10.6 Å². The number of nitrogens with one attached hydrogen (secondary N) is 2. The molecule has 2 aliphatic rings. The molecule has 1 fully saturated rings. The molecule has 152 valence electrons. The van der Waals surface area contributed by atoms with Crippen LogP contribution in [0.15, 0.2) is 48.5 Å². The molecule has 1 unspecified atom stereocenters. The summed E-state index contributed by atoms with van der Waals surface area (Å²) >= 11 is 0. The first-order valence-electron chi connectivity index (χ1n) is 10.0. The highest BCUT2D eigenvalue weighted by Gasteiger charge is 2.28. The summed E-state index contributed by atoms with van der Waals surface area (Å²) in [6.07, 6.45) is 2.38. The zero-order chi connectivity index (χ0) is 20.1. The number of anilines is 2. The fourth-order valence-corrected chi connectivity index (χ4v) is 3.58. The zero-order valence-corrected chi connectivity index (χ0v) is 16.2. The number of ether oxygens (including phenoxy) is 2. The van der Waals surface area contributed by atoms with E-state index >= 15 is 0 Å². The summed E-state index contributed by atoms with van der Waals surface area (Å²) in [4.78, 5) is 27.0. The van der Waals surface area contributed by atoms with E-state index in [-0.39, 0.29) is 17.9 Å². The number of hydrogen-bond donors (Lipinski definition) is 2. The molecule has 2 aromatic rings. The number of piperidine rings is 1. The van der Waals surface area contributed by atoms with Gasteiger partial charge in [-0.3, -0.25) is 4.79 Å². The lowest BCUT2D eigenvalue weighted by atomic mass is 9.97. The average molecular weight is 395 g/mol. The highest BCUT2D eigenvalue weighted by atomic mass is 16.5. The van der Waals surface area contributed by atoms with Gasteiger partial charge in [0, 0.05) is 37.0 Å². The van der Waals surface area contributed by atoms with Crippen LogP contribution in [0.4, 0.5) is 16.2 Å². The summed E-state index contributed by atoms with van der Waals surface area (Å²) < 4.78 is 11.3. The van der Waals surface area contributed by atoms with E-state index in [1.54, 1.807) is 11.0 Å². The average Bonchev–Trinajstić information content (AvgIpc) is 2.99. The highest BCUT2D eigenvalue weighted by molar-refractivity contribution is 5.94. The van der Waals surface area contributed by atoms with Crippen molar-refractivity contribution < 1.29 is 19.1 Å². The topological polar surface area (TPSA) is 79.9 Å². The van der Waals surface area contributed by atoms with E-state index in [4.69, 9.17) is 9.47 Å².